The van der Waals surface area contributed by atoms with Crippen LogP contribution in [-0.4, -0.2) is 9.55 Å². The fourth-order valence-corrected chi connectivity index (χ4v) is 2.44. The van der Waals surface area contributed by atoms with E-state index in [9.17, 15) is 9.59 Å². The van der Waals surface area contributed by atoms with Crippen molar-refractivity contribution in [2.75, 3.05) is 0 Å². The van der Waals surface area contributed by atoms with E-state index in [2.05, 4.69) is 9.40 Å². The molecule has 0 amide bonds. The molecule has 0 aliphatic rings. The summed E-state index contributed by atoms with van der Waals surface area (Å²) in [5.41, 5.74) is -0.294. The topological polar surface area (TPSA) is 65.1 Å². The number of aromatic nitrogens is 2. The molecule has 3 rings (SSSR count). The predicted octanol–water partition coefficient (Wildman–Crippen LogP) is 1.46. The van der Waals surface area contributed by atoms with Gasteiger partial charge in [-0.25, -0.2) is 14.6 Å². The van der Waals surface area contributed by atoms with E-state index in [0.29, 0.717) is 17.6 Å². The highest BCUT2D eigenvalue weighted by Gasteiger charge is 2.10. The normalized spacial score (nSPS) is 10.9. The Kier molecular flexibility index (Phi) is 2.56. The third-order valence-corrected chi connectivity index (χ3v) is 3.42. The van der Waals surface area contributed by atoms with Gasteiger partial charge in [0.25, 0.3) is 0 Å². The lowest BCUT2D eigenvalue weighted by Gasteiger charge is -2.05. The van der Waals surface area contributed by atoms with Gasteiger partial charge in [-0.1, -0.05) is 6.07 Å². The molecule has 0 bridgehead atoms. The fraction of sp³-hybridized carbons (Fsp3) is 0.0833. The van der Waals surface area contributed by atoms with Gasteiger partial charge in [0.1, 0.15) is 5.39 Å². The van der Waals surface area contributed by atoms with Crippen molar-refractivity contribution in [3.8, 4) is 0 Å². The van der Waals surface area contributed by atoms with Gasteiger partial charge < -0.3 is 4.42 Å². The minimum Gasteiger partial charge on any atom is -0.372 e. The van der Waals surface area contributed by atoms with Crippen LogP contribution in [0, 0.1) is 0 Å². The van der Waals surface area contributed by atoms with Gasteiger partial charge in [-0.3, -0.25) is 4.57 Å². The van der Waals surface area contributed by atoms with Crippen LogP contribution in [0.1, 0.15) is 4.88 Å². The summed E-state index contributed by atoms with van der Waals surface area (Å²) in [4.78, 5) is 28.4. The lowest BCUT2D eigenvalue weighted by atomic mass is 10.3. The van der Waals surface area contributed by atoms with E-state index in [1.54, 1.807) is 18.3 Å². The predicted molar refractivity (Wildman–Crippen MR) is 68.0 cm³/mol. The molecule has 6 heteroatoms. The van der Waals surface area contributed by atoms with Crippen molar-refractivity contribution >= 4 is 22.4 Å². The van der Waals surface area contributed by atoms with E-state index in [1.165, 1.54) is 15.9 Å². The molecule has 0 saturated carbocycles. The summed E-state index contributed by atoms with van der Waals surface area (Å²) < 4.78 is 6.05. The van der Waals surface area contributed by atoms with E-state index >= 15 is 0 Å². The zero-order valence-electron chi connectivity index (χ0n) is 9.20. The second-order valence-electron chi connectivity index (χ2n) is 3.70. The summed E-state index contributed by atoms with van der Waals surface area (Å²) in [6.45, 7) is 0.355. The average molecular weight is 260 g/mol. The summed E-state index contributed by atoms with van der Waals surface area (Å²) in [5.74, 6) is -0.681. The molecule has 90 valence electrons. The Balaban J connectivity index is 2.28. The first-order valence-corrected chi connectivity index (χ1v) is 6.15. The van der Waals surface area contributed by atoms with Crippen LogP contribution in [0.25, 0.3) is 11.0 Å². The maximum absolute atomic E-state index is 11.7. The van der Waals surface area contributed by atoms with Gasteiger partial charge in [0.05, 0.1) is 6.54 Å². The molecule has 3 heterocycles. The molecule has 0 radical (unpaired) electrons. The summed E-state index contributed by atoms with van der Waals surface area (Å²) in [6.07, 6.45) is 1.55. The maximum Gasteiger partial charge on any atom is 0.423 e. The lowest BCUT2D eigenvalue weighted by molar-refractivity contribution is 0.424. The molecule has 3 aromatic heterocycles. The van der Waals surface area contributed by atoms with Crippen molar-refractivity contribution < 1.29 is 4.42 Å². The zero-order chi connectivity index (χ0) is 12.5. The molecule has 3 aromatic rings. The molecule has 5 nitrogen and oxygen atoms in total. The van der Waals surface area contributed by atoms with Crippen LogP contribution in [0.2, 0.25) is 0 Å². The minimum absolute atomic E-state index is 0.314. The van der Waals surface area contributed by atoms with Crippen molar-refractivity contribution in [3.05, 3.63) is 61.7 Å². The number of rotatable bonds is 2. The van der Waals surface area contributed by atoms with Crippen molar-refractivity contribution in [2.24, 2.45) is 0 Å². The van der Waals surface area contributed by atoms with Gasteiger partial charge in [-0.15, -0.1) is 11.3 Å². The van der Waals surface area contributed by atoms with Crippen LogP contribution in [0.15, 0.2) is 49.8 Å². The van der Waals surface area contributed by atoms with Gasteiger partial charge in [0, 0.05) is 11.1 Å². The molecular weight excluding hydrogens is 252 g/mol. The highest BCUT2D eigenvalue weighted by molar-refractivity contribution is 7.09. The number of thiophene rings is 1. The molecule has 0 spiro atoms. The van der Waals surface area contributed by atoms with Gasteiger partial charge in [0.15, 0.2) is 5.65 Å². The first kappa shape index (κ1) is 10.9. The van der Waals surface area contributed by atoms with Gasteiger partial charge in [0.2, 0.25) is 0 Å². The van der Waals surface area contributed by atoms with Crippen molar-refractivity contribution in [1.29, 1.82) is 0 Å². The smallest absolute Gasteiger partial charge is 0.372 e. The third kappa shape index (κ3) is 1.76. The quantitative estimate of drug-likeness (QED) is 0.699. The second-order valence-corrected chi connectivity index (χ2v) is 4.73. The Bertz CT molecular complexity index is 802. The third-order valence-electron chi connectivity index (χ3n) is 2.56. The maximum atomic E-state index is 11.7. The molecule has 0 N–H and O–H groups in total. The lowest BCUT2D eigenvalue weighted by Crippen LogP contribution is -2.25. The molecule has 0 aliphatic heterocycles. The Morgan fingerprint density at radius 3 is 2.94 bits per heavy atom. The van der Waals surface area contributed by atoms with Gasteiger partial charge >= 0.3 is 11.4 Å². The molecule has 0 unspecified atom stereocenters. The van der Waals surface area contributed by atoms with E-state index in [-0.39, 0.29) is 0 Å². The molecule has 0 aliphatic carbocycles. The van der Waals surface area contributed by atoms with Gasteiger partial charge in [-0.05, 0) is 23.6 Å². The van der Waals surface area contributed by atoms with E-state index in [0.717, 1.165) is 4.88 Å². The molecular formula is C12H8N2O3S. The first-order valence-electron chi connectivity index (χ1n) is 5.27. The van der Waals surface area contributed by atoms with Crippen molar-refractivity contribution in [3.63, 3.8) is 0 Å². The van der Waals surface area contributed by atoms with Crippen LogP contribution in [-0.2, 0) is 6.54 Å². The Morgan fingerprint density at radius 1 is 1.28 bits per heavy atom. The van der Waals surface area contributed by atoms with Crippen LogP contribution in [0.4, 0.5) is 0 Å². The standard InChI is InChI=1S/C12H8N2O3S/c15-11-9-4-1-5-13-10(9)14(12(16)17-11)7-8-3-2-6-18-8/h1-6H,7H2. The summed E-state index contributed by atoms with van der Waals surface area (Å²) in [6, 6.07) is 7.05. The summed E-state index contributed by atoms with van der Waals surface area (Å²) >= 11 is 1.53. The average Bonchev–Trinajstić information content (AvgIpc) is 2.87. The number of fused-ring (bicyclic) bond motifs is 1. The zero-order valence-corrected chi connectivity index (χ0v) is 10.0. The molecule has 18 heavy (non-hydrogen) atoms. The number of pyridine rings is 1. The Morgan fingerprint density at radius 2 is 2.17 bits per heavy atom. The monoisotopic (exact) mass is 260 g/mol. The van der Waals surface area contributed by atoms with Crippen LogP contribution < -0.4 is 11.4 Å². The number of hydrogen-bond acceptors (Lipinski definition) is 5. The van der Waals surface area contributed by atoms with E-state index in [4.69, 9.17) is 0 Å². The largest absolute Gasteiger partial charge is 0.423 e. The fourth-order valence-electron chi connectivity index (χ4n) is 1.75. The number of nitrogens with zero attached hydrogens (tertiary/aromatic N) is 2. The van der Waals surface area contributed by atoms with Gasteiger partial charge in [-0.2, -0.15) is 0 Å². The molecule has 0 fully saturated rings. The Hall–Kier alpha value is -2.21. The molecule has 0 saturated heterocycles. The van der Waals surface area contributed by atoms with Crippen molar-refractivity contribution in [1.82, 2.24) is 9.55 Å². The van der Waals surface area contributed by atoms with E-state index in [1.807, 2.05) is 17.5 Å². The first-order chi connectivity index (χ1) is 8.75. The SMILES string of the molecule is O=c1oc(=O)n(Cc2cccs2)c2ncccc12. The second kappa shape index (κ2) is 4.23. The highest BCUT2D eigenvalue weighted by atomic mass is 32.1. The highest BCUT2D eigenvalue weighted by Crippen LogP contribution is 2.12. The Labute approximate surface area is 105 Å². The van der Waals surface area contributed by atoms with Crippen LogP contribution in [0.3, 0.4) is 0 Å². The molecule has 0 atom stereocenters. The summed E-state index contributed by atoms with van der Waals surface area (Å²) in [5, 5.41) is 2.24. The van der Waals surface area contributed by atoms with Crippen LogP contribution >= 0.6 is 11.3 Å². The van der Waals surface area contributed by atoms with Crippen LogP contribution in [0.5, 0.6) is 0 Å². The number of hydrogen-bond donors (Lipinski definition) is 0. The summed E-state index contributed by atoms with van der Waals surface area (Å²) in [7, 11) is 0. The van der Waals surface area contributed by atoms with Crippen molar-refractivity contribution in [2.45, 2.75) is 6.54 Å². The molecule has 0 aromatic carbocycles. The minimum atomic E-state index is -0.681. The van der Waals surface area contributed by atoms with E-state index < -0.39 is 11.4 Å².